The molecular formula is C28H31ClN4O4. The summed E-state index contributed by atoms with van der Waals surface area (Å²) in [5, 5.41) is 1.07. The van der Waals surface area contributed by atoms with Crippen LogP contribution in [-0.4, -0.2) is 52.5 Å². The van der Waals surface area contributed by atoms with E-state index in [0.717, 1.165) is 18.2 Å². The lowest BCUT2D eigenvalue weighted by molar-refractivity contribution is 0.0665. The van der Waals surface area contributed by atoms with Crippen molar-refractivity contribution in [2.75, 3.05) is 26.7 Å². The molecule has 2 aromatic carbocycles. The number of methoxy groups -OCH3 is 1. The van der Waals surface area contributed by atoms with E-state index in [0.29, 0.717) is 47.3 Å². The second-order valence-corrected chi connectivity index (χ2v) is 9.36. The van der Waals surface area contributed by atoms with Crippen LogP contribution < -0.4 is 16.0 Å². The predicted octanol–water partition coefficient (Wildman–Crippen LogP) is 3.62. The molecule has 1 saturated heterocycles. The Morgan fingerprint density at radius 3 is 2.49 bits per heavy atom. The number of carbonyl (C=O) groups is 2. The van der Waals surface area contributed by atoms with Gasteiger partial charge >= 0.3 is 0 Å². The molecule has 1 fully saturated rings. The summed E-state index contributed by atoms with van der Waals surface area (Å²) in [4.78, 5) is 42.6. The number of piperidine rings is 1. The lowest BCUT2D eigenvalue weighted by atomic mass is 9.98. The molecule has 3 heterocycles. The van der Waals surface area contributed by atoms with Gasteiger partial charge in [0.15, 0.2) is 17.2 Å². The average Bonchev–Trinajstić information content (AvgIpc) is 3.23. The first-order chi connectivity index (χ1) is 17.5. The molecule has 2 N–H and O–H groups in total. The van der Waals surface area contributed by atoms with Gasteiger partial charge in [-0.25, -0.2) is 0 Å². The van der Waals surface area contributed by atoms with E-state index in [4.69, 9.17) is 10.5 Å². The zero-order valence-corrected chi connectivity index (χ0v) is 21.8. The fourth-order valence-corrected chi connectivity index (χ4v) is 5.37. The first-order valence-corrected chi connectivity index (χ1v) is 12.2. The smallest absolute Gasteiger partial charge is 0.274 e. The molecule has 1 amide bonds. The molecule has 5 rings (SSSR count). The van der Waals surface area contributed by atoms with E-state index in [9.17, 15) is 14.4 Å². The third-order valence-electron chi connectivity index (χ3n) is 7.20. The normalized spacial score (nSPS) is 15.5. The minimum absolute atomic E-state index is 0. The summed E-state index contributed by atoms with van der Waals surface area (Å²) >= 11 is 0. The van der Waals surface area contributed by atoms with E-state index in [-0.39, 0.29) is 47.9 Å². The Labute approximate surface area is 221 Å². The number of amides is 1. The summed E-state index contributed by atoms with van der Waals surface area (Å²) in [6.07, 6.45) is 1.88. The molecule has 1 aliphatic rings. The summed E-state index contributed by atoms with van der Waals surface area (Å²) in [7, 11) is 3.26. The van der Waals surface area contributed by atoms with Crippen molar-refractivity contribution in [1.82, 2.24) is 14.0 Å². The van der Waals surface area contributed by atoms with Crippen LogP contribution in [0.15, 0.2) is 59.4 Å². The highest BCUT2D eigenvalue weighted by molar-refractivity contribution is 6.12. The van der Waals surface area contributed by atoms with Crippen LogP contribution >= 0.6 is 12.4 Å². The third kappa shape index (κ3) is 4.51. The molecule has 0 radical (unpaired) electrons. The van der Waals surface area contributed by atoms with Gasteiger partial charge in [0.1, 0.15) is 5.39 Å². The molecule has 4 aromatic rings. The first-order valence-electron chi connectivity index (χ1n) is 12.2. The van der Waals surface area contributed by atoms with Gasteiger partial charge in [0.05, 0.1) is 24.7 Å². The van der Waals surface area contributed by atoms with Crippen molar-refractivity contribution in [3.05, 3.63) is 76.2 Å². The van der Waals surface area contributed by atoms with E-state index in [1.807, 2.05) is 30.3 Å². The lowest BCUT2D eigenvalue weighted by Crippen LogP contribution is -2.42. The van der Waals surface area contributed by atoms with Crippen molar-refractivity contribution in [2.45, 2.75) is 19.4 Å². The Morgan fingerprint density at radius 1 is 1.08 bits per heavy atom. The number of benzene rings is 2. The summed E-state index contributed by atoms with van der Waals surface area (Å²) in [5.74, 6) is 0.142. The highest BCUT2D eigenvalue weighted by Gasteiger charge is 2.32. The second-order valence-electron chi connectivity index (χ2n) is 9.36. The molecule has 1 unspecified atom stereocenters. The molecule has 9 heteroatoms. The third-order valence-corrected chi connectivity index (χ3v) is 7.20. The quantitative estimate of drug-likeness (QED) is 0.390. The van der Waals surface area contributed by atoms with Gasteiger partial charge in [-0.2, -0.15) is 0 Å². The van der Waals surface area contributed by atoms with Gasteiger partial charge in [-0.1, -0.05) is 48.5 Å². The van der Waals surface area contributed by atoms with E-state index in [2.05, 4.69) is 0 Å². The lowest BCUT2D eigenvalue weighted by Gasteiger charge is -2.32. The number of Topliss-reactive ketones (excluding diaryl/α,β-unsaturated/α-hetero) is 1. The number of para-hydroxylation sites is 1. The minimum Gasteiger partial charge on any atom is -0.493 e. The molecule has 2 aromatic heterocycles. The van der Waals surface area contributed by atoms with Gasteiger partial charge in [-0.15, -0.1) is 12.4 Å². The zero-order chi connectivity index (χ0) is 25.4. The topological polar surface area (TPSA) is 99.6 Å². The zero-order valence-electron chi connectivity index (χ0n) is 21.0. The molecule has 8 nitrogen and oxygen atoms in total. The summed E-state index contributed by atoms with van der Waals surface area (Å²) in [6, 6.07) is 16.4. The number of hydrogen-bond acceptors (Lipinski definition) is 5. The standard InChI is InChI=1S/C28H30N4O4.ClH/c1-30-24-20-12-6-7-13-21(20)32(17-22(33)19-10-4-3-5-11-19)27(34)23(24)26(36-2)25(30)28(35)31-14-8-9-18(15-29)16-31;/h3-7,10-13,18H,8-9,14-17,29H2,1-2H3;1H. The monoisotopic (exact) mass is 522 g/mol. The average molecular weight is 523 g/mol. The van der Waals surface area contributed by atoms with Crippen LogP contribution in [0.25, 0.3) is 21.8 Å². The number of nitrogens with two attached hydrogens (primary N) is 1. The number of aryl methyl sites for hydroxylation is 1. The molecule has 0 spiro atoms. The van der Waals surface area contributed by atoms with Crippen LogP contribution in [0.2, 0.25) is 0 Å². The largest absolute Gasteiger partial charge is 0.493 e. The van der Waals surface area contributed by atoms with Crippen molar-refractivity contribution >= 4 is 45.9 Å². The van der Waals surface area contributed by atoms with Gasteiger partial charge in [-0.3, -0.25) is 19.0 Å². The number of fused-ring (bicyclic) bond motifs is 3. The number of likely N-dealkylation sites (tertiary alicyclic amines) is 1. The highest BCUT2D eigenvalue weighted by Crippen LogP contribution is 2.36. The van der Waals surface area contributed by atoms with E-state index in [1.165, 1.54) is 11.7 Å². The van der Waals surface area contributed by atoms with Crippen molar-refractivity contribution in [1.29, 1.82) is 0 Å². The van der Waals surface area contributed by atoms with Gasteiger partial charge < -0.3 is 19.9 Å². The van der Waals surface area contributed by atoms with Crippen LogP contribution in [0.5, 0.6) is 5.75 Å². The van der Waals surface area contributed by atoms with Crippen molar-refractivity contribution < 1.29 is 14.3 Å². The fraction of sp³-hybridized carbons (Fsp3) is 0.321. The Kier molecular flexibility index (Phi) is 7.71. The summed E-state index contributed by atoms with van der Waals surface area (Å²) in [6.45, 7) is 1.62. The SMILES string of the molecule is COc1c(C(=O)N2CCCC(CN)C2)n(C)c2c1c(=O)n(CC(=O)c1ccccc1)c1ccccc21.Cl. The number of ether oxygens (including phenoxy) is 1. The Balaban J connectivity index is 0.00000320. The molecule has 0 aliphatic carbocycles. The molecule has 0 bridgehead atoms. The van der Waals surface area contributed by atoms with Crippen LogP contribution in [0.4, 0.5) is 0 Å². The summed E-state index contributed by atoms with van der Waals surface area (Å²) < 4.78 is 8.97. The number of carbonyl (C=O) groups excluding carboxylic acids is 2. The fourth-order valence-electron chi connectivity index (χ4n) is 5.37. The number of pyridine rings is 1. The number of ketones is 1. The molecule has 0 saturated carbocycles. The molecule has 1 atom stereocenters. The number of nitrogens with zero attached hydrogens (tertiary/aromatic N) is 3. The minimum atomic E-state index is -0.363. The summed E-state index contributed by atoms with van der Waals surface area (Å²) in [5.41, 5.74) is 7.64. The number of halogens is 1. The first kappa shape index (κ1) is 26.4. The molecule has 1 aliphatic heterocycles. The Morgan fingerprint density at radius 2 is 1.78 bits per heavy atom. The van der Waals surface area contributed by atoms with Gasteiger partial charge in [0.25, 0.3) is 11.5 Å². The predicted molar refractivity (Wildman–Crippen MR) is 147 cm³/mol. The van der Waals surface area contributed by atoms with Gasteiger partial charge in [0.2, 0.25) is 0 Å². The van der Waals surface area contributed by atoms with Gasteiger partial charge in [-0.05, 0) is 31.4 Å². The molecular weight excluding hydrogens is 492 g/mol. The van der Waals surface area contributed by atoms with E-state index >= 15 is 0 Å². The molecule has 194 valence electrons. The molecule has 37 heavy (non-hydrogen) atoms. The van der Waals surface area contributed by atoms with Crippen molar-refractivity contribution in [3.8, 4) is 5.75 Å². The Hall–Kier alpha value is -3.62. The maximum atomic E-state index is 13.9. The van der Waals surface area contributed by atoms with Crippen molar-refractivity contribution in [3.63, 3.8) is 0 Å². The van der Waals surface area contributed by atoms with E-state index < -0.39 is 0 Å². The number of rotatable bonds is 6. The number of hydrogen-bond donors (Lipinski definition) is 1. The maximum Gasteiger partial charge on any atom is 0.274 e. The highest BCUT2D eigenvalue weighted by atomic mass is 35.5. The van der Waals surface area contributed by atoms with Crippen LogP contribution in [0, 0.1) is 5.92 Å². The second kappa shape index (κ2) is 10.8. The van der Waals surface area contributed by atoms with Crippen molar-refractivity contribution in [2.24, 2.45) is 18.7 Å². The van der Waals surface area contributed by atoms with Crippen LogP contribution in [-0.2, 0) is 13.6 Å². The maximum absolute atomic E-state index is 13.9. The van der Waals surface area contributed by atoms with Crippen LogP contribution in [0.1, 0.15) is 33.7 Å². The van der Waals surface area contributed by atoms with Gasteiger partial charge in [0, 0.05) is 31.1 Å². The Bertz CT molecular complexity index is 1530. The number of aromatic nitrogens is 2. The van der Waals surface area contributed by atoms with Crippen LogP contribution in [0.3, 0.4) is 0 Å². The van der Waals surface area contributed by atoms with E-state index in [1.54, 1.807) is 40.8 Å².